The van der Waals surface area contributed by atoms with Gasteiger partial charge in [0.25, 0.3) is 0 Å². The normalized spacial score (nSPS) is 17.8. The lowest BCUT2D eigenvalue weighted by atomic mass is 9.84. The number of nitrogens with zero attached hydrogens (tertiary/aromatic N) is 2. The van der Waals surface area contributed by atoms with Crippen molar-refractivity contribution < 1.29 is 94.5 Å². The van der Waals surface area contributed by atoms with Crippen molar-refractivity contribution in [3.8, 4) is 69.0 Å². The third-order valence-electron chi connectivity index (χ3n) is 18.5. The minimum atomic E-state index is -1.17. The van der Waals surface area contributed by atoms with Gasteiger partial charge < -0.3 is 75.3 Å². The summed E-state index contributed by atoms with van der Waals surface area (Å²) in [4.78, 5) is 59.4. The summed E-state index contributed by atoms with van der Waals surface area (Å²) in [5.74, 6) is 2.39. The zero-order valence-electron chi connectivity index (χ0n) is 56.4. The Morgan fingerprint density at radius 2 is 0.645 bits per heavy atom. The number of unbranched alkanes of at least 4 members (excludes halogenated alkanes) is 2. The summed E-state index contributed by atoms with van der Waals surface area (Å²) in [6.45, 7) is 1.45. The van der Waals surface area contributed by atoms with E-state index in [1.807, 2.05) is 60.7 Å². The van der Waals surface area contributed by atoms with Gasteiger partial charge in [0, 0.05) is 49.7 Å². The van der Waals surface area contributed by atoms with E-state index in [9.17, 15) is 19.2 Å². The van der Waals surface area contributed by atoms with Crippen molar-refractivity contribution in [1.29, 1.82) is 0 Å². The Bertz CT molecular complexity index is 3360. The smallest absolute Gasteiger partial charge is 0.322 e. The van der Waals surface area contributed by atoms with Crippen LogP contribution < -0.4 is 56.8 Å². The van der Waals surface area contributed by atoms with Crippen molar-refractivity contribution in [2.75, 3.05) is 139 Å². The maximum atomic E-state index is 14.9. The molecule has 0 spiro atoms. The van der Waals surface area contributed by atoms with Gasteiger partial charge in [-0.05, 0) is 125 Å². The molecule has 0 aliphatic carbocycles. The Labute approximate surface area is 546 Å². The number of rotatable bonds is 34. The number of quaternary nitrogens is 2. The first kappa shape index (κ1) is 70.0. The number of benzene rings is 6. The number of hydrogen-bond acceptors (Lipinski definition) is 18. The average Bonchev–Trinajstić information content (AvgIpc) is 0.764. The SMILES string of the molecule is COc1ccc(CC(=O)C(C[N+]2(C)CCc3cc(OC)c(OC)cc3C2Cc2ccc(OC)c(OC)c2)C(=O)OCCCCCOC(=O)C(C[N+]2(C)CCc3cc(OC)c(OC)cc3C2Cc2ccc(OC)c(OC)c2)C(=O)Cc2ccc(OC)c(OC)c2)cc1OC. The molecule has 6 aromatic rings. The molecular weight excluding hydrogens is 1190 g/mol. The molecular formula is C73H92N2O18+2. The van der Waals surface area contributed by atoms with Gasteiger partial charge in [0.2, 0.25) is 0 Å². The molecule has 8 rings (SSSR count). The van der Waals surface area contributed by atoms with E-state index in [4.69, 9.17) is 66.3 Å². The van der Waals surface area contributed by atoms with Crippen molar-refractivity contribution in [3.63, 3.8) is 0 Å². The number of carbonyl (C=O) groups is 4. The highest BCUT2D eigenvalue weighted by Crippen LogP contribution is 2.46. The molecule has 20 heteroatoms. The molecule has 93 heavy (non-hydrogen) atoms. The maximum Gasteiger partial charge on any atom is 0.322 e. The summed E-state index contributed by atoms with van der Waals surface area (Å²) in [7, 11) is 23.1. The van der Waals surface area contributed by atoms with Gasteiger partial charge in [0.15, 0.2) is 92.4 Å². The second-order valence-corrected chi connectivity index (χ2v) is 24.1. The van der Waals surface area contributed by atoms with Crippen LogP contribution in [0.15, 0.2) is 97.1 Å². The standard InChI is InChI=1S/C73H92N2O18/c1-74(28-26-50-40-68(88-11)70(90-13)42-52(50)56(74)32-46-18-22-60(80-3)64(36-46)84-7)44-54(58(76)34-48-20-24-62(82-5)66(38-48)86-9)72(78)92-30-16-15-17-31-93-73(79)55(59(77)35-49-21-25-63(83-6)67(39-49)87-10)45-75(2)29-27-51-41-69(89-12)71(91-14)43-53(51)57(75)33-47-19-23-61(81-4)65(37-47)85-8/h18-25,36-43,54-57H,15-17,26-35,44-45H2,1-14H3/q+2. The van der Waals surface area contributed by atoms with Gasteiger partial charge in [-0.2, -0.15) is 0 Å². The monoisotopic (exact) mass is 1280 g/mol. The highest BCUT2D eigenvalue weighted by atomic mass is 16.5. The lowest BCUT2D eigenvalue weighted by Gasteiger charge is -2.47. The number of ether oxygens (including phenoxy) is 14. The van der Waals surface area contributed by atoms with Crippen LogP contribution in [0, 0.1) is 11.8 Å². The topological polar surface area (TPSA) is 197 Å². The molecule has 2 aliphatic heterocycles. The molecule has 0 radical (unpaired) electrons. The summed E-state index contributed by atoms with van der Waals surface area (Å²) in [6.07, 6.45) is 3.48. The Kier molecular flexibility index (Phi) is 24.2. The first-order valence-corrected chi connectivity index (χ1v) is 31.3. The molecule has 2 aliphatic rings. The molecule has 6 atom stereocenters. The van der Waals surface area contributed by atoms with Crippen molar-refractivity contribution in [3.05, 3.63) is 142 Å². The fourth-order valence-electron chi connectivity index (χ4n) is 13.2. The largest absolute Gasteiger partial charge is 0.493 e. The van der Waals surface area contributed by atoms with Crippen LogP contribution in [0.25, 0.3) is 0 Å². The first-order chi connectivity index (χ1) is 44.9. The van der Waals surface area contributed by atoms with Gasteiger partial charge in [0.1, 0.15) is 12.1 Å². The molecule has 20 nitrogen and oxygen atoms in total. The molecule has 0 fully saturated rings. The predicted octanol–water partition coefficient (Wildman–Crippen LogP) is 10.2. The van der Waals surface area contributed by atoms with Gasteiger partial charge in [0.05, 0.1) is 139 Å². The van der Waals surface area contributed by atoms with Crippen LogP contribution in [-0.2, 0) is 67.2 Å². The molecule has 6 aromatic carbocycles. The lowest BCUT2D eigenvalue weighted by Crippen LogP contribution is -2.56. The number of Topliss-reactive ketones (excluding diaryl/α,β-unsaturated/α-hetero) is 2. The van der Waals surface area contributed by atoms with Crippen molar-refractivity contribution in [2.45, 2.75) is 69.9 Å². The highest BCUT2D eigenvalue weighted by Gasteiger charge is 2.47. The zero-order chi connectivity index (χ0) is 67.0. The van der Waals surface area contributed by atoms with Crippen LogP contribution in [0.4, 0.5) is 0 Å². The minimum Gasteiger partial charge on any atom is -0.493 e. The van der Waals surface area contributed by atoms with Crippen molar-refractivity contribution in [1.82, 2.24) is 0 Å². The third-order valence-corrected chi connectivity index (χ3v) is 18.5. The van der Waals surface area contributed by atoms with Gasteiger partial charge >= 0.3 is 11.9 Å². The van der Waals surface area contributed by atoms with Crippen LogP contribution in [0.1, 0.15) is 75.9 Å². The number of likely N-dealkylation sites (N-methyl/N-ethyl adjacent to an activating group) is 2. The summed E-state index contributed by atoms with van der Waals surface area (Å²) in [5, 5.41) is 0. The van der Waals surface area contributed by atoms with Crippen LogP contribution >= 0.6 is 0 Å². The van der Waals surface area contributed by atoms with Crippen LogP contribution in [0.3, 0.4) is 0 Å². The van der Waals surface area contributed by atoms with E-state index in [2.05, 4.69) is 14.1 Å². The minimum absolute atomic E-state index is 0.00733. The quantitative estimate of drug-likeness (QED) is 0.0160. The number of hydrogen-bond donors (Lipinski definition) is 0. The Morgan fingerprint density at radius 1 is 0.366 bits per heavy atom. The number of carbonyl (C=O) groups excluding carboxylic acids is 4. The van der Waals surface area contributed by atoms with Crippen LogP contribution in [0.5, 0.6) is 69.0 Å². The van der Waals surface area contributed by atoms with Crippen LogP contribution in [0.2, 0.25) is 0 Å². The van der Waals surface area contributed by atoms with Gasteiger partial charge in [-0.3, -0.25) is 19.2 Å². The van der Waals surface area contributed by atoms with E-state index >= 15 is 0 Å². The summed E-state index contributed by atoms with van der Waals surface area (Å²) in [5.41, 5.74) is 7.40. The van der Waals surface area contributed by atoms with Crippen LogP contribution in [-0.4, -0.2) is 171 Å². The van der Waals surface area contributed by atoms with E-state index in [1.165, 1.54) is 14.2 Å². The Morgan fingerprint density at radius 3 is 0.957 bits per heavy atom. The number of esters is 2. The predicted molar refractivity (Wildman–Crippen MR) is 350 cm³/mol. The summed E-state index contributed by atoms with van der Waals surface area (Å²) >= 11 is 0. The van der Waals surface area contributed by atoms with Crippen molar-refractivity contribution in [2.24, 2.45) is 11.8 Å². The van der Waals surface area contributed by atoms with E-state index in [0.29, 0.717) is 147 Å². The molecule has 2 heterocycles. The molecule has 0 saturated heterocycles. The summed E-state index contributed by atoms with van der Waals surface area (Å²) < 4.78 is 80.9. The zero-order valence-corrected chi connectivity index (χ0v) is 56.4. The Balaban J connectivity index is 1.01. The lowest BCUT2D eigenvalue weighted by molar-refractivity contribution is -0.942. The molecule has 500 valence electrons. The van der Waals surface area contributed by atoms with Gasteiger partial charge in [-0.15, -0.1) is 0 Å². The number of fused-ring (bicyclic) bond motifs is 2. The maximum absolute atomic E-state index is 14.9. The summed E-state index contributed by atoms with van der Waals surface area (Å²) in [6, 6.07) is 29.7. The third kappa shape index (κ3) is 16.3. The highest BCUT2D eigenvalue weighted by molar-refractivity contribution is 6.01. The number of ketones is 2. The Hall–Kier alpha value is -8.88. The second kappa shape index (κ2) is 32.1. The average molecular weight is 1290 g/mol. The van der Waals surface area contributed by atoms with E-state index < -0.39 is 23.8 Å². The van der Waals surface area contributed by atoms with Gasteiger partial charge in [-0.25, -0.2) is 0 Å². The second-order valence-electron chi connectivity index (χ2n) is 24.1. The fourth-order valence-corrected chi connectivity index (χ4v) is 13.2. The van der Waals surface area contributed by atoms with E-state index in [1.54, 1.807) is 107 Å². The molecule has 0 saturated carbocycles. The number of methoxy groups -OCH3 is 12. The molecule has 0 bridgehead atoms. The first-order valence-electron chi connectivity index (χ1n) is 31.3. The molecule has 0 amide bonds. The molecule has 6 unspecified atom stereocenters. The fraction of sp³-hybridized carbons (Fsp3) is 0.452. The van der Waals surface area contributed by atoms with Gasteiger partial charge in [-0.1, -0.05) is 24.3 Å². The molecule has 0 N–H and O–H groups in total. The van der Waals surface area contributed by atoms with E-state index in [-0.39, 0.29) is 62.8 Å². The van der Waals surface area contributed by atoms with Crippen molar-refractivity contribution >= 4 is 23.5 Å². The van der Waals surface area contributed by atoms with E-state index in [0.717, 1.165) is 33.4 Å². The molecule has 0 aromatic heterocycles.